The Labute approximate surface area is 320 Å². The molecule has 0 fully saturated rings. The molecule has 11 rings (SSSR count). The van der Waals surface area contributed by atoms with Gasteiger partial charge in [0, 0.05) is 29.4 Å². The SMILES string of the molecule is C1=Cc2c(-c3ccc(N(c4ccccn4)c4ccnc5ccccc45)cc3)ccc3c2C(C1)c1c-3c(-c2ccccc2)c2ccccc2c1-c1ccccc1. The van der Waals surface area contributed by atoms with Crippen molar-refractivity contribution in [2.45, 2.75) is 12.3 Å². The van der Waals surface area contributed by atoms with Gasteiger partial charge in [-0.25, -0.2) is 4.98 Å². The van der Waals surface area contributed by atoms with Crippen molar-refractivity contribution in [1.82, 2.24) is 9.97 Å². The van der Waals surface area contributed by atoms with Crippen LogP contribution in [0.4, 0.5) is 17.2 Å². The minimum Gasteiger partial charge on any atom is -0.294 e. The van der Waals surface area contributed by atoms with Crippen LogP contribution in [0.5, 0.6) is 0 Å². The molecular formula is C52H35N3. The van der Waals surface area contributed by atoms with Crippen LogP contribution < -0.4 is 4.90 Å². The highest BCUT2D eigenvalue weighted by Crippen LogP contribution is 2.59. The van der Waals surface area contributed by atoms with E-state index in [1.165, 1.54) is 72.0 Å². The zero-order valence-electron chi connectivity index (χ0n) is 30.1. The van der Waals surface area contributed by atoms with E-state index in [0.717, 1.165) is 34.5 Å². The summed E-state index contributed by atoms with van der Waals surface area (Å²) >= 11 is 0. The first-order valence-corrected chi connectivity index (χ1v) is 19.0. The fraction of sp³-hybridized carbons (Fsp3) is 0.0385. The first-order chi connectivity index (χ1) is 27.3. The molecule has 2 heterocycles. The maximum atomic E-state index is 4.80. The van der Waals surface area contributed by atoms with Crippen LogP contribution >= 0.6 is 0 Å². The number of benzene rings is 7. The van der Waals surface area contributed by atoms with E-state index < -0.39 is 0 Å². The van der Waals surface area contributed by atoms with Crippen molar-refractivity contribution in [3.63, 3.8) is 0 Å². The third-order valence-corrected chi connectivity index (χ3v) is 11.5. The second kappa shape index (κ2) is 12.8. The van der Waals surface area contributed by atoms with E-state index in [2.05, 4.69) is 174 Å². The van der Waals surface area contributed by atoms with Gasteiger partial charge in [0.15, 0.2) is 0 Å². The largest absolute Gasteiger partial charge is 0.294 e. The molecular weight excluding hydrogens is 667 g/mol. The molecule has 55 heavy (non-hydrogen) atoms. The van der Waals surface area contributed by atoms with Gasteiger partial charge in [-0.1, -0.05) is 146 Å². The van der Waals surface area contributed by atoms with Gasteiger partial charge >= 0.3 is 0 Å². The van der Waals surface area contributed by atoms with Gasteiger partial charge in [-0.3, -0.25) is 9.88 Å². The van der Waals surface area contributed by atoms with Gasteiger partial charge in [0.25, 0.3) is 0 Å². The van der Waals surface area contributed by atoms with Gasteiger partial charge in [-0.05, 0) is 115 Å². The van der Waals surface area contributed by atoms with E-state index in [1.807, 2.05) is 30.6 Å². The summed E-state index contributed by atoms with van der Waals surface area (Å²) in [6.07, 6.45) is 9.48. The highest BCUT2D eigenvalue weighted by atomic mass is 15.2. The monoisotopic (exact) mass is 701 g/mol. The molecule has 7 aromatic carbocycles. The number of rotatable bonds is 6. The molecule has 9 aromatic rings. The molecule has 0 spiro atoms. The van der Waals surface area contributed by atoms with E-state index >= 15 is 0 Å². The number of hydrogen-bond donors (Lipinski definition) is 0. The normalized spacial score (nSPS) is 13.9. The summed E-state index contributed by atoms with van der Waals surface area (Å²) < 4.78 is 0. The Morgan fingerprint density at radius 3 is 1.85 bits per heavy atom. The minimum atomic E-state index is 0.256. The predicted octanol–water partition coefficient (Wildman–Crippen LogP) is 13.8. The van der Waals surface area contributed by atoms with Crippen molar-refractivity contribution in [3.05, 3.63) is 205 Å². The average Bonchev–Trinajstić information content (AvgIpc) is 3.59. The van der Waals surface area contributed by atoms with Crippen molar-refractivity contribution in [1.29, 1.82) is 0 Å². The number of hydrogen-bond acceptors (Lipinski definition) is 3. The van der Waals surface area contributed by atoms with E-state index in [4.69, 9.17) is 4.98 Å². The molecule has 0 amide bonds. The Bertz CT molecular complexity index is 2930. The second-order valence-corrected chi connectivity index (χ2v) is 14.4. The lowest BCUT2D eigenvalue weighted by molar-refractivity contribution is 0.847. The highest BCUT2D eigenvalue weighted by molar-refractivity contribution is 6.15. The quantitative estimate of drug-likeness (QED) is 0.173. The maximum absolute atomic E-state index is 4.80. The van der Waals surface area contributed by atoms with Crippen molar-refractivity contribution in [2.24, 2.45) is 0 Å². The third-order valence-electron chi connectivity index (χ3n) is 11.5. The molecule has 0 saturated carbocycles. The molecule has 0 N–H and O–H groups in total. The Morgan fingerprint density at radius 1 is 0.455 bits per heavy atom. The van der Waals surface area contributed by atoms with E-state index in [9.17, 15) is 0 Å². The summed E-state index contributed by atoms with van der Waals surface area (Å²) in [5.41, 5.74) is 17.7. The molecule has 2 aliphatic rings. The van der Waals surface area contributed by atoms with Gasteiger partial charge in [-0.15, -0.1) is 0 Å². The molecule has 1 atom stereocenters. The van der Waals surface area contributed by atoms with Crippen LogP contribution in [-0.4, -0.2) is 9.97 Å². The predicted molar refractivity (Wildman–Crippen MR) is 229 cm³/mol. The van der Waals surface area contributed by atoms with E-state index in [0.29, 0.717) is 0 Å². The number of fused-ring (bicyclic) bond motifs is 5. The molecule has 0 radical (unpaired) electrons. The van der Waals surface area contributed by atoms with Gasteiger partial charge in [-0.2, -0.15) is 0 Å². The first-order valence-electron chi connectivity index (χ1n) is 19.0. The zero-order valence-corrected chi connectivity index (χ0v) is 30.1. The molecule has 3 heteroatoms. The summed E-state index contributed by atoms with van der Waals surface area (Å²) in [6, 6.07) is 61.2. The lowest BCUT2D eigenvalue weighted by Gasteiger charge is -2.26. The molecule has 2 aliphatic carbocycles. The molecule has 3 nitrogen and oxygen atoms in total. The number of allylic oxidation sites excluding steroid dienone is 1. The van der Waals surface area contributed by atoms with Crippen LogP contribution in [0.3, 0.4) is 0 Å². The molecule has 258 valence electrons. The Balaban J connectivity index is 1.10. The summed E-state index contributed by atoms with van der Waals surface area (Å²) in [4.78, 5) is 11.7. The van der Waals surface area contributed by atoms with Crippen LogP contribution in [0.1, 0.15) is 29.0 Å². The minimum absolute atomic E-state index is 0.256. The highest BCUT2D eigenvalue weighted by Gasteiger charge is 2.38. The number of anilines is 3. The summed E-state index contributed by atoms with van der Waals surface area (Å²) in [5, 5.41) is 3.69. The van der Waals surface area contributed by atoms with Gasteiger partial charge in [0.05, 0.1) is 11.2 Å². The maximum Gasteiger partial charge on any atom is 0.137 e. The fourth-order valence-electron chi connectivity index (χ4n) is 9.22. The number of nitrogens with zero attached hydrogens (tertiary/aromatic N) is 3. The Morgan fingerprint density at radius 2 is 1.11 bits per heavy atom. The molecule has 0 bridgehead atoms. The van der Waals surface area contributed by atoms with Crippen LogP contribution in [0.25, 0.3) is 72.3 Å². The number of pyridine rings is 2. The summed E-state index contributed by atoms with van der Waals surface area (Å²) in [6.45, 7) is 0. The van der Waals surface area contributed by atoms with Crippen molar-refractivity contribution in [2.75, 3.05) is 4.90 Å². The summed E-state index contributed by atoms with van der Waals surface area (Å²) in [5.74, 6) is 1.12. The number of aromatic nitrogens is 2. The smallest absolute Gasteiger partial charge is 0.137 e. The molecule has 0 saturated heterocycles. The van der Waals surface area contributed by atoms with Crippen LogP contribution in [-0.2, 0) is 0 Å². The van der Waals surface area contributed by atoms with Crippen LogP contribution in [0, 0.1) is 0 Å². The Kier molecular flexibility index (Phi) is 7.31. The van der Waals surface area contributed by atoms with Crippen LogP contribution in [0.2, 0.25) is 0 Å². The lowest BCUT2D eigenvalue weighted by Crippen LogP contribution is -2.12. The standard InChI is InChI=1S/C52H35N3/c1-3-14-35(15-4-1)48-40-18-7-8-19-41(40)49(36-16-5-2-6-17-36)52-44-30-29-38(39-21-13-22-43(50(39)44)51(48)52)34-25-27-37(28-26-34)55(47-24-11-12-32-54-47)46-31-33-53-45-23-10-9-20-42(45)46/h1-21,23-33,43H,22H2. The van der Waals surface area contributed by atoms with E-state index in [-0.39, 0.29) is 5.92 Å². The Hall–Kier alpha value is -7.10. The van der Waals surface area contributed by atoms with Gasteiger partial charge in [0.1, 0.15) is 5.82 Å². The van der Waals surface area contributed by atoms with Gasteiger partial charge < -0.3 is 0 Å². The van der Waals surface area contributed by atoms with Crippen molar-refractivity contribution >= 4 is 44.9 Å². The second-order valence-electron chi connectivity index (χ2n) is 14.4. The lowest BCUT2D eigenvalue weighted by atomic mass is 9.79. The van der Waals surface area contributed by atoms with E-state index in [1.54, 1.807) is 0 Å². The first kappa shape index (κ1) is 31.4. The topological polar surface area (TPSA) is 29.0 Å². The molecule has 1 unspecified atom stereocenters. The third kappa shape index (κ3) is 4.97. The number of para-hydroxylation sites is 1. The van der Waals surface area contributed by atoms with Gasteiger partial charge in [0.2, 0.25) is 0 Å². The van der Waals surface area contributed by atoms with Crippen LogP contribution in [0.15, 0.2) is 188 Å². The van der Waals surface area contributed by atoms with Crippen molar-refractivity contribution < 1.29 is 0 Å². The summed E-state index contributed by atoms with van der Waals surface area (Å²) in [7, 11) is 0. The average molecular weight is 702 g/mol. The zero-order chi connectivity index (χ0) is 36.3. The van der Waals surface area contributed by atoms with Crippen molar-refractivity contribution in [3.8, 4) is 44.5 Å². The molecule has 0 aliphatic heterocycles. The molecule has 2 aromatic heterocycles. The fourth-order valence-corrected chi connectivity index (χ4v) is 9.22.